The van der Waals surface area contributed by atoms with Gasteiger partial charge in [-0.25, -0.2) is 17.2 Å². The molecule has 0 saturated heterocycles. The van der Waals surface area contributed by atoms with E-state index in [-0.39, 0.29) is 47.0 Å². The van der Waals surface area contributed by atoms with Crippen molar-refractivity contribution in [1.82, 2.24) is 0 Å². The SMILES string of the molecule is O=C(O)CC[C@H]1CN(S(=O)(=O)c2cccc(C(F)(F)F)c2)c2cc(/C=C/c3c(Cl)cccc3C(F)F)ccc2O1. The van der Waals surface area contributed by atoms with Gasteiger partial charge in [0.25, 0.3) is 16.4 Å². The molecule has 0 radical (unpaired) electrons. The van der Waals surface area contributed by atoms with Gasteiger partial charge in [-0.05, 0) is 48.4 Å². The van der Waals surface area contributed by atoms with Gasteiger partial charge in [0.1, 0.15) is 11.9 Å². The Morgan fingerprint density at radius 3 is 2.50 bits per heavy atom. The number of halogens is 6. The molecular formula is C27H21ClF5NO5S. The number of rotatable bonds is 8. The molecule has 1 atom stereocenters. The number of anilines is 1. The molecule has 1 aliphatic heterocycles. The lowest BCUT2D eigenvalue weighted by atomic mass is 10.0. The molecule has 0 unspecified atom stereocenters. The van der Waals surface area contributed by atoms with Crippen LogP contribution >= 0.6 is 11.6 Å². The molecule has 0 amide bonds. The number of sulfonamides is 1. The van der Waals surface area contributed by atoms with Crippen molar-refractivity contribution in [3.63, 3.8) is 0 Å². The van der Waals surface area contributed by atoms with Crippen molar-refractivity contribution < 1.29 is 45.0 Å². The van der Waals surface area contributed by atoms with E-state index in [0.717, 1.165) is 22.5 Å². The molecular weight excluding hydrogens is 581 g/mol. The molecule has 4 rings (SSSR count). The maximum atomic E-state index is 13.6. The van der Waals surface area contributed by atoms with Crippen molar-refractivity contribution in [3.8, 4) is 5.75 Å². The molecule has 1 heterocycles. The average molecular weight is 602 g/mol. The third kappa shape index (κ3) is 6.39. The number of carbonyl (C=O) groups is 1. The van der Waals surface area contributed by atoms with E-state index < -0.39 is 45.2 Å². The monoisotopic (exact) mass is 601 g/mol. The molecule has 1 aliphatic rings. The number of fused-ring (bicyclic) bond motifs is 1. The van der Waals surface area contributed by atoms with Gasteiger partial charge in [-0.1, -0.05) is 48.0 Å². The number of alkyl halides is 5. The lowest BCUT2D eigenvalue weighted by molar-refractivity contribution is -0.138. The Bertz CT molecular complexity index is 1560. The van der Waals surface area contributed by atoms with Crippen LogP contribution in [0.1, 0.15) is 41.5 Å². The lowest BCUT2D eigenvalue weighted by Gasteiger charge is -2.35. The summed E-state index contributed by atoms with van der Waals surface area (Å²) in [6.45, 7) is -0.369. The Morgan fingerprint density at radius 2 is 1.82 bits per heavy atom. The first-order valence-electron chi connectivity index (χ1n) is 11.7. The quantitative estimate of drug-likeness (QED) is 0.217. The predicted molar refractivity (Wildman–Crippen MR) is 139 cm³/mol. The zero-order chi connectivity index (χ0) is 29.2. The van der Waals surface area contributed by atoms with Crippen LogP contribution in [0.2, 0.25) is 5.02 Å². The molecule has 212 valence electrons. The van der Waals surface area contributed by atoms with Gasteiger partial charge < -0.3 is 9.84 Å². The Kier molecular flexibility index (Phi) is 8.41. The molecule has 0 fully saturated rings. The van der Waals surface area contributed by atoms with E-state index in [4.69, 9.17) is 21.4 Å². The minimum Gasteiger partial charge on any atom is -0.486 e. The lowest BCUT2D eigenvalue weighted by Crippen LogP contribution is -2.43. The van der Waals surface area contributed by atoms with Crippen molar-refractivity contribution >= 4 is 45.4 Å². The molecule has 3 aromatic carbocycles. The van der Waals surface area contributed by atoms with Gasteiger partial charge in [-0.15, -0.1) is 0 Å². The summed E-state index contributed by atoms with van der Waals surface area (Å²) in [5.74, 6) is -1.08. The maximum Gasteiger partial charge on any atom is 0.416 e. The smallest absolute Gasteiger partial charge is 0.416 e. The molecule has 40 heavy (non-hydrogen) atoms. The van der Waals surface area contributed by atoms with Crippen LogP contribution in [0.25, 0.3) is 12.2 Å². The minimum atomic E-state index is -4.79. The summed E-state index contributed by atoms with van der Waals surface area (Å²) in [6.07, 6.45) is -6.11. The number of hydrogen-bond donors (Lipinski definition) is 1. The van der Waals surface area contributed by atoms with Gasteiger partial charge in [-0.2, -0.15) is 13.2 Å². The molecule has 6 nitrogen and oxygen atoms in total. The van der Waals surface area contributed by atoms with E-state index in [1.807, 2.05) is 0 Å². The minimum absolute atomic E-state index is 0.0145. The van der Waals surface area contributed by atoms with Crippen LogP contribution in [0.15, 0.2) is 65.6 Å². The van der Waals surface area contributed by atoms with E-state index in [2.05, 4.69) is 0 Å². The van der Waals surface area contributed by atoms with Gasteiger partial charge in [0.05, 0.1) is 22.7 Å². The largest absolute Gasteiger partial charge is 0.486 e. The summed E-state index contributed by atoms with van der Waals surface area (Å²) in [6, 6.07) is 11.6. The van der Waals surface area contributed by atoms with Crippen molar-refractivity contribution in [2.75, 3.05) is 10.8 Å². The summed E-state index contributed by atoms with van der Waals surface area (Å²) in [4.78, 5) is 10.5. The number of benzene rings is 3. The number of nitrogens with zero attached hydrogens (tertiary/aromatic N) is 1. The highest BCUT2D eigenvalue weighted by Crippen LogP contribution is 2.40. The third-order valence-corrected chi connectivity index (χ3v) is 8.21. The van der Waals surface area contributed by atoms with Crippen molar-refractivity contribution in [2.24, 2.45) is 0 Å². The molecule has 0 aromatic heterocycles. The van der Waals surface area contributed by atoms with Gasteiger partial charge in [0.2, 0.25) is 0 Å². The number of carboxylic acids is 1. The molecule has 3 aromatic rings. The topological polar surface area (TPSA) is 83.9 Å². The van der Waals surface area contributed by atoms with Gasteiger partial charge in [0, 0.05) is 22.6 Å². The highest BCUT2D eigenvalue weighted by molar-refractivity contribution is 7.92. The predicted octanol–water partition coefficient (Wildman–Crippen LogP) is 7.29. The number of aliphatic carboxylic acids is 1. The van der Waals surface area contributed by atoms with Crippen LogP contribution in [-0.2, 0) is 21.0 Å². The first-order chi connectivity index (χ1) is 18.8. The van der Waals surface area contributed by atoms with Crippen LogP contribution in [0, 0.1) is 0 Å². The Labute approximate surface area is 231 Å². The van der Waals surface area contributed by atoms with Crippen LogP contribution in [0.4, 0.5) is 27.6 Å². The third-order valence-electron chi connectivity index (χ3n) is 6.11. The van der Waals surface area contributed by atoms with Crippen LogP contribution in [0.5, 0.6) is 5.75 Å². The molecule has 0 aliphatic carbocycles. The summed E-state index contributed by atoms with van der Waals surface area (Å²) in [5.41, 5.74) is -1.05. The fraction of sp³-hybridized carbons (Fsp3) is 0.222. The number of ether oxygens (including phenoxy) is 1. The number of hydrogen-bond acceptors (Lipinski definition) is 4. The summed E-state index contributed by atoms with van der Waals surface area (Å²) >= 11 is 6.10. The van der Waals surface area contributed by atoms with E-state index in [1.165, 1.54) is 48.6 Å². The van der Waals surface area contributed by atoms with Crippen molar-refractivity contribution in [2.45, 2.75) is 36.4 Å². The first kappa shape index (κ1) is 29.3. The zero-order valence-corrected chi connectivity index (χ0v) is 22.0. The van der Waals surface area contributed by atoms with Crippen LogP contribution in [0.3, 0.4) is 0 Å². The zero-order valence-electron chi connectivity index (χ0n) is 20.4. The van der Waals surface area contributed by atoms with Crippen molar-refractivity contribution in [3.05, 3.63) is 87.9 Å². The highest BCUT2D eigenvalue weighted by Gasteiger charge is 2.37. The Balaban J connectivity index is 1.77. The fourth-order valence-electron chi connectivity index (χ4n) is 4.15. The molecule has 0 spiro atoms. The average Bonchev–Trinajstić information content (AvgIpc) is 2.90. The van der Waals surface area contributed by atoms with E-state index in [1.54, 1.807) is 0 Å². The second-order valence-corrected chi connectivity index (χ2v) is 11.1. The molecule has 0 saturated carbocycles. The van der Waals surface area contributed by atoms with E-state index >= 15 is 0 Å². The Morgan fingerprint density at radius 1 is 1.10 bits per heavy atom. The van der Waals surface area contributed by atoms with E-state index in [9.17, 15) is 35.2 Å². The molecule has 13 heteroatoms. The van der Waals surface area contributed by atoms with Crippen LogP contribution in [-0.4, -0.2) is 32.1 Å². The molecule has 1 N–H and O–H groups in total. The second-order valence-electron chi connectivity index (χ2n) is 8.84. The van der Waals surface area contributed by atoms with Gasteiger partial charge in [0.15, 0.2) is 0 Å². The van der Waals surface area contributed by atoms with Crippen molar-refractivity contribution in [1.29, 1.82) is 0 Å². The molecule has 0 bridgehead atoms. The van der Waals surface area contributed by atoms with E-state index in [0.29, 0.717) is 11.6 Å². The van der Waals surface area contributed by atoms with Crippen LogP contribution < -0.4 is 9.04 Å². The summed E-state index contributed by atoms with van der Waals surface area (Å²) in [7, 11) is -4.58. The first-order valence-corrected chi connectivity index (χ1v) is 13.6. The normalized spacial score (nSPS) is 15.8. The maximum absolute atomic E-state index is 13.6. The second kappa shape index (κ2) is 11.5. The van der Waals surface area contributed by atoms with Gasteiger partial charge >= 0.3 is 12.1 Å². The Hall–Kier alpha value is -3.64. The number of carboxylic acid groups (broad SMARTS) is 1. The standard InChI is InChI=1S/C27H21ClF5NO5S/c28-22-6-2-5-21(26(29)30)20(22)10-7-16-8-11-24-23(13-16)34(15-18(39-24)9-12-25(35)36)40(37,38)19-4-1-3-17(14-19)27(31,32)33/h1-8,10-11,13-14,18,26H,9,12,15H2,(H,35,36)/b10-7+/t18-/m0/s1. The highest BCUT2D eigenvalue weighted by atomic mass is 35.5. The summed E-state index contributed by atoms with van der Waals surface area (Å²) < 4.78 is 101. The van der Waals surface area contributed by atoms with Gasteiger partial charge in [-0.3, -0.25) is 9.10 Å². The fourth-order valence-corrected chi connectivity index (χ4v) is 5.94. The summed E-state index contributed by atoms with van der Waals surface area (Å²) in [5, 5.41) is 9.13.